The Hall–Kier alpha value is -2.37. The summed E-state index contributed by atoms with van der Waals surface area (Å²) in [5.74, 6) is 0.255. The number of carbonyl (C=O) groups is 1. The smallest absolute Gasteiger partial charge is 0.260 e. The van der Waals surface area contributed by atoms with Gasteiger partial charge in [0.1, 0.15) is 0 Å². The van der Waals surface area contributed by atoms with Gasteiger partial charge < -0.3 is 10.6 Å². The molecule has 0 radical (unpaired) electrons. The van der Waals surface area contributed by atoms with E-state index in [4.69, 9.17) is 0 Å². The quantitative estimate of drug-likeness (QED) is 0.803. The molecule has 0 bridgehead atoms. The third-order valence-electron chi connectivity index (χ3n) is 4.00. The van der Waals surface area contributed by atoms with E-state index >= 15 is 0 Å². The number of aromatic nitrogens is 2. The van der Waals surface area contributed by atoms with Crippen molar-refractivity contribution in [1.29, 1.82) is 0 Å². The van der Waals surface area contributed by atoms with Crippen LogP contribution in [0.4, 0.5) is 5.95 Å². The Morgan fingerprint density at radius 1 is 1.23 bits per heavy atom. The van der Waals surface area contributed by atoms with E-state index in [1.165, 1.54) is 19.3 Å². The number of benzene rings is 1. The van der Waals surface area contributed by atoms with Crippen molar-refractivity contribution in [3.8, 4) is 0 Å². The molecule has 3 N–H and O–H groups in total. The number of anilines is 1. The van der Waals surface area contributed by atoms with Crippen molar-refractivity contribution in [3.05, 3.63) is 34.6 Å². The molecule has 6 nitrogen and oxygen atoms in total. The van der Waals surface area contributed by atoms with E-state index in [9.17, 15) is 9.59 Å². The minimum Gasteiger partial charge on any atom is -0.352 e. The molecule has 6 heteroatoms. The van der Waals surface area contributed by atoms with Crippen LogP contribution in [-0.4, -0.2) is 28.5 Å². The lowest BCUT2D eigenvalue weighted by Crippen LogP contribution is -2.39. The summed E-state index contributed by atoms with van der Waals surface area (Å²) < 4.78 is 0. The number of fused-ring (bicyclic) bond motifs is 1. The Morgan fingerprint density at radius 2 is 2.00 bits per heavy atom. The average molecular weight is 300 g/mol. The third kappa shape index (κ3) is 3.44. The predicted octanol–water partition coefficient (Wildman–Crippen LogP) is 1.78. The summed E-state index contributed by atoms with van der Waals surface area (Å²) in [6.45, 7) is 0.109. The lowest BCUT2D eigenvalue weighted by Gasteiger charge is -2.22. The third-order valence-corrected chi connectivity index (χ3v) is 4.00. The van der Waals surface area contributed by atoms with Gasteiger partial charge in [0.15, 0.2) is 0 Å². The fraction of sp³-hybridized carbons (Fsp3) is 0.438. The van der Waals surface area contributed by atoms with Crippen molar-refractivity contribution in [2.75, 3.05) is 11.9 Å². The van der Waals surface area contributed by atoms with Crippen LogP contribution in [0.5, 0.6) is 0 Å². The van der Waals surface area contributed by atoms with Crippen molar-refractivity contribution in [2.45, 2.75) is 38.1 Å². The topological polar surface area (TPSA) is 86.9 Å². The molecule has 3 rings (SSSR count). The highest BCUT2D eigenvalue weighted by Gasteiger charge is 2.15. The number of para-hydroxylation sites is 1. The Morgan fingerprint density at radius 3 is 2.82 bits per heavy atom. The van der Waals surface area contributed by atoms with Crippen LogP contribution in [0.25, 0.3) is 10.9 Å². The maximum Gasteiger partial charge on any atom is 0.260 e. The van der Waals surface area contributed by atoms with Gasteiger partial charge in [0.05, 0.1) is 17.4 Å². The fourth-order valence-corrected chi connectivity index (χ4v) is 2.86. The van der Waals surface area contributed by atoms with Gasteiger partial charge in [-0.05, 0) is 25.0 Å². The molecule has 1 fully saturated rings. The van der Waals surface area contributed by atoms with Crippen molar-refractivity contribution >= 4 is 22.8 Å². The molecule has 0 saturated heterocycles. The summed E-state index contributed by atoms with van der Waals surface area (Å²) in [6, 6.07) is 7.41. The fourth-order valence-electron chi connectivity index (χ4n) is 2.86. The standard InChI is InChI=1S/C16H20N4O2/c21-14(18-11-6-2-1-3-7-11)10-17-16-19-13-9-5-4-8-12(13)15(22)20-16/h4-5,8-9,11H,1-3,6-7,10H2,(H,18,21)(H2,17,19,20,22). The minimum absolute atomic E-state index is 0.0669. The number of carbonyl (C=O) groups excluding carboxylic acids is 1. The number of aromatic amines is 1. The molecule has 1 aliphatic rings. The monoisotopic (exact) mass is 300 g/mol. The van der Waals surface area contributed by atoms with E-state index < -0.39 is 0 Å². The summed E-state index contributed by atoms with van der Waals surface area (Å²) in [4.78, 5) is 30.8. The second-order valence-corrected chi connectivity index (χ2v) is 5.69. The summed E-state index contributed by atoms with van der Waals surface area (Å²) in [5, 5.41) is 6.45. The number of amides is 1. The molecule has 0 aliphatic heterocycles. The lowest BCUT2D eigenvalue weighted by molar-refractivity contribution is -0.120. The van der Waals surface area contributed by atoms with Crippen LogP contribution in [0.15, 0.2) is 29.1 Å². The van der Waals surface area contributed by atoms with Gasteiger partial charge in [-0.15, -0.1) is 0 Å². The molecule has 22 heavy (non-hydrogen) atoms. The zero-order valence-corrected chi connectivity index (χ0v) is 12.4. The van der Waals surface area contributed by atoms with Gasteiger partial charge in [0, 0.05) is 6.04 Å². The van der Waals surface area contributed by atoms with E-state index in [-0.39, 0.29) is 24.1 Å². The highest BCUT2D eigenvalue weighted by atomic mass is 16.2. The lowest BCUT2D eigenvalue weighted by atomic mass is 9.95. The summed E-state index contributed by atoms with van der Waals surface area (Å²) in [5.41, 5.74) is 0.405. The van der Waals surface area contributed by atoms with Gasteiger partial charge in [-0.2, -0.15) is 0 Å². The average Bonchev–Trinajstić information content (AvgIpc) is 2.54. The normalized spacial score (nSPS) is 15.6. The van der Waals surface area contributed by atoms with Gasteiger partial charge >= 0.3 is 0 Å². The van der Waals surface area contributed by atoms with Crippen LogP contribution in [0.2, 0.25) is 0 Å². The van der Waals surface area contributed by atoms with Crippen molar-refractivity contribution in [2.24, 2.45) is 0 Å². The first-order chi connectivity index (χ1) is 10.7. The molecule has 116 valence electrons. The summed E-state index contributed by atoms with van der Waals surface area (Å²) in [6.07, 6.45) is 5.72. The molecule has 1 saturated carbocycles. The number of rotatable bonds is 4. The number of hydrogen-bond acceptors (Lipinski definition) is 4. The molecule has 1 aromatic heterocycles. The van der Waals surface area contributed by atoms with E-state index in [0.717, 1.165) is 12.8 Å². The molecule has 0 atom stereocenters. The van der Waals surface area contributed by atoms with Crippen molar-refractivity contribution in [3.63, 3.8) is 0 Å². The summed E-state index contributed by atoms with van der Waals surface area (Å²) >= 11 is 0. The van der Waals surface area contributed by atoms with Crippen LogP contribution in [0.1, 0.15) is 32.1 Å². The highest BCUT2D eigenvalue weighted by Crippen LogP contribution is 2.17. The Bertz CT molecular complexity index is 719. The highest BCUT2D eigenvalue weighted by molar-refractivity contribution is 5.81. The number of H-pyrrole nitrogens is 1. The molecule has 0 spiro atoms. The molecule has 1 amide bonds. The van der Waals surface area contributed by atoms with Crippen LogP contribution >= 0.6 is 0 Å². The molecule has 1 aromatic carbocycles. The SMILES string of the molecule is O=C(CNc1nc2ccccc2c(=O)[nH]1)NC1CCCCC1. The zero-order chi connectivity index (χ0) is 15.4. The van der Waals surface area contributed by atoms with Gasteiger partial charge in [-0.3, -0.25) is 14.6 Å². The first-order valence-electron chi connectivity index (χ1n) is 7.75. The van der Waals surface area contributed by atoms with Gasteiger partial charge in [0.25, 0.3) is 5.56 Å². The second-order valence-electron chi connectivity index (χ2n) is 5.69. The first-order valence-corrected chi connectivity index (χ1v) is 7.75. The van der Waals surface area contributed by atoms with E-state index in [2.05, 4.69) is 20.6 Å². The maximum absolute atomic E-state index is 11.9. The Balaban J connectivity index is 1.61. The van der Waals surface area contributed by atoms with Crippen LogP contribution in [-0.2, 0) is 4.79 Å². The molecule has 0 unspecified atom stereocenters. The number of hydrogen-bond donors (Lipinski definition) is 3. The maximum atomic E-state index is 11.9. The Kier molecular flexibility index (Phi) is 4.37. The molecular weight excluding hydrogens is 280 g/mol. The number of nitrogens with zero attached hydrogens (tertiary/aromatic N) is 1. The predicted molar refractivity (Wildman–Crippen MR) is 85.9 cm³/mol. The van der Waals surface area contributed by atoms with E-state index in [0.29, 0.717) is 16.9 Å². The molecule has 1 heterocycles. The second kappa shape index (κ2) is 6.60. The van der Waals surface area contributed by atoms with Crippen LogP contribution in [0.3, 0.4) is 0 Å². The van der Waals surface area contributed by atoms with Gasteiger partial charge in [-0.1, -0.05) is 31.4 Å². The Labute approximate surface area is 128 Å². The number of nitrogens with one attached hydrogen (secondary N) is 3. The molecular formula is C16H20N4O2. The molecule has 1 aliphatic carbocycles. The molecule has 2 aromatic rings. The van der Waals surface area contributed by atoms with Gasteiger partial charge in [0.2, 0.25) is 11.9 Å². The zero-order valence-electron chi connectivity index (χ0n) is 12.4. The van der Waals surface area contributed by atoms with Crippen molar-refractivity contribution < 1.29 is 4.79 Å². The largest absolute Gasteiger partial charge is 0.352 e. The minimum atomic E-state index is -0.208. The summed E-state index contributed by atoms with van der Waals surface area (Å²) in [7, 11) is 0. The van der Waals surface area contributed by atoms with Gasteiger partial charge in [-0.25, -0.2) is 4.98 Å². The van der Waals surface area contributed by atoms with E-state index in [1.54, 1.807) is 18.2 Å². The van der Waals surface area contributed by atoms with E-state index in [1.807, 2.05) is 6.07 Å². The van der Waals surface area contributed by atoms with Crippen LogP contribution in [0, 0.1) is 0 Å². The van der Waals surface area contributed by atoms with Crippen LogP contribution < -0.4 is 16.2 Å². The first kappa shape index (κ1) is 14.6. The van der Waals surface area contributed by atoms with Crippen molar-refractivity contribution in [1.82, 2.24) is 15.3 Å².